The maximum Gasteiger partial charge on any atom is 0.358 e. The van der Waals surface area contributed by atoms with Crippen molar-refractivity contribution in [3.05, 3.63) is 0 Å². The van der Waals surface area contributed by atoms with Crippen LogP contribution >= 0.6 is 7.60 Å². The summed E-state index contributed by atoms with van der Waals surface area (Å²) in [5.74, 6) is -1.51. The van der Waals surface area contributed by atoms with Gasteiger partial charge in [-0.1, -0.05) is 0 Å². The first kappa shape index (κ1) is 17.0. The van der Waals surface area contributed by atoms with Gasteiger partial charge in [0.1, 0.15) is 12.2 Å². The first-order valence-corrected chi connectivity index (χ1v) is 7.73. The Kier molecular flexibility index (Phi) is 6.35. The number of hydrogen-bond donors (Lipinski definition) is 4. The minimum Gasteiger partial charge on any atom is -0.387 e. The smallest absolute Gasteiger partial charge is 0.358 e. The predicted octanol–water partition coefficient (Wildman–Crippen LogP) is -0.600. The molecule has 5 atom stereocenters. The summed E-state index contributed by atoms with van der Waals surface area (Å²) >= 11 is 0. The third-order valence-corrected chi connectivity index (χ3v) is 4.94. The first-order valence-electron chi connectivity index (χ1n) is 6.12. The average molecular weight is 300 g/mol. The van der Waals surface area contributed by atoms with Gasteiger partial charge in [-0.2, -0.15) is 0 Å². The molecule has 8 nitrogen and oxygen atoms in total. The van der Waals surface area contributed by atoms with Gasteiger partial charge in [0.2, 0.25) is 0 Å². The lowest BCUT2D eigenvalue weighted by Crippen LogP contribution is -2.34. The Labute approximate surface area is 111 Å². The molecule has 2 unspecified atom stereocenters. The number of aliphatic hydroxyl groups is 4. The highest BCUT2D eigenvalue weighted by molar-refractivity contribution is 7.54. The monoisotopic (exact) mass is 300 g/mol. The molecule has 1 saturated heterocycles. The summed E-state index contributed by atoms with van der Waals surface area (Å²) in [6.45, 7) is 3.39. The summed E-state index contributed by atoms with van der Waals surface area (Å²) in [6.07, 6.45) is -5.70. The fourth-order valence-corrected chi connectivity index (χ4v) is 3.43. The lowest BCUT2D eigenvalue weighted by Gasteiger charge is -2.25. The highest BCUT2D eigenvalue weighted by atomic mass is 31.2. The van der Waals surface area contributed by atoms with Crippen molar-refractivity contribution in [3.63, 3.8) is 0 Å². The molecule has 0 aliphatic carbocycles. The zero-order valence-electron chi connectivity index (χ0n) is 10.9. The van der Waals surface area contributed by atoms with E-state index in [0.717, 1.165) is 0 Å². The van der Waals surface area contributed by atoms with Crippen molar-refractivity contribution in [2.45, 2.75) is 50.7 Å². The van der Waals surface area contributed by atoms with Gasteiger partial charge in [-0.05, 0) is 13.8 Å². The molecule has 1 aliphatic heterocycles. The molecule has 19 heavy (non-hydrogen) atoms. The third-order valence-electron chi connectivity index (χ3n) is 2.76. The molecule has 114 valence electrons. The van der Waals surface area contributed by atoms with Crippen molar-refractivity contribution < 1.29 is 38.8 Å². The molecule has 0 bridgehead atoms. The van der Waals surface area contributed by atoms with E-state index in [4.69, 9.17) is 13.8 Å². The Morgan fingerprint density at radius 3 is 2.05 bits per heavy atom. The SMILES string of the molecule is CCOP(=O)(OCC)C(O)CC1O[C@@H](O)[C@H](O)[C@H]1O. The van der Waals surface area contributed by atoms with Gasteiger partial charge in [-0.15, -0.1) is 0 Å². The van der Waals surface area contributed by atoms with Gasteiger partial charge in [0.15, 0.2) is 12.1 Å². The van der Waals surface area contributed by atoms with E-state index in [9.17, 15) is 25.0 Å². The molecule has 0 aromatic heterocycles. The lowest BCUT2D eigenvalue weighted by atomic mass is 10.1. The van der Waals surface area contributed by atoms with Gasteiger partial charge in [-0.3, -0.25) is 4.57 Å². The van der Waals surface area contributed by atoms with Crippen LogP contribution in [0.25, 0.3) is 0 Å². The summed E-state index contributed by atoms with van der Waals surface area (Å²) in [7, 11) is -3.73. The Balaban J connectivity index is 2.67. The van der Waals surface area contributed by atoms with E-state index in [1.165, 1.54) is 0 Å². The second kappa shape index (κ2) is 7.10. The Bertz CT molecular complexity index is 315. The van der Waals surface area contributed by atoms with Crippen molar-refractivity contribution in [2.75, 3.05) is 13.2 Å². The van der Waals surface area contributed by atoms with E-state index >= 15 is 0 Å². The maximum absolute atomic E-state index is 12.2. The van der Waals surface area contributed by atoms with Gasteiger partial charge in [0, 0.05) is 6.42 Å². The van der Waals surface area contributed by atoms with E-state index in [2.05, 4.69) is 0 Å². The van der Waals surface area contributed by atoms with Crippen molar-refractivity contribution >= 4 is 7.60 Å². The number of hydrogen-bond acceptors (Lipinski definition) is 8. The van der Waals surface area contributed by atoms with Crippen LogP contribution in [0, 0.1) is 0 Å². The van der Waals surface area contributed by atoms with E-state index in [1.807, 2.05) is 0 Å². The summed E-state index contributed by atoms with van der Waals surface area (Å²) in [5.41, 5.74) is 0. The van der Waals surface area contributed by atoms with Crippen molar-refractivity contribution in [3.8, 4) is 0 Å². The molecule has 0 saturated carbocycles. The first-order chi connectivity index (χ1) is 8.85. The summed E-state index contributed by atoms with van der Waals surface area (Å²) < 4.78 is 27.0. The normalized spacial score (nSPS) is 33.6. The third kappa shape index (κ3) is 3.96. The summed E-state index contributed by atoms with van der Waals surface area (Å²) in [5, 5.41) is 38.0. The molecule has 0 radical (unpaired) electrons. The standard InChI is InChI=1S/C10H21O8P/c1-3-16-19(15,17-4-2)7(11)5-6-8(12)9(13)10(14)18-6/h6-14H,3-5H2,1-2H3/t6?,7?,8-,9+,10+/m0/s1. The lowest BCUT2D eigenvalue weighted by molar-refractivity contribution is -0.130. The maximum atomic E-state index is 12.2. The molecule has 9 heteroatoms. The molecular weight excluding hydrogens is 279 g/mol. The molecule has 1 rings (SSSR count). The summed E-state index contributed by atoms with van der Waals surface area (Å²) in [4.78, 5) is 0. The van der Waals surface area contributed by atoms with Crippen LogP contribution in [0.15, 0.2) is 0 Å². The zero-order chi connectivity index (χ0) is 14.6. The van der Waals surface area contributed by atoms with E-state index in [1.54, 1.807) is 13.8 Å². The minimum absolute atomic E-state index is 0.0909. The highest BCUT2D eigenvalue weighted by Crippen LogP contribution is 2.53. The van der Waals surface area contributed by atoms with Gasteiger partial charge < -0.3 is 34.2 Å². The van der Waals surface area contributed by atoms with Crippen LogP contribution in [0.5, 0.6) is 0 Å². The Hall–Kier alpha value is -0.0500. The fourth-order valence-electron chi connectivity index (χ4n) is 1.83. The average Bonchev–Trinajstić information content (AvgIpc) is 2.57. The minimum atomic E-state index is -3.73. The second-order valence-electron chi connectivity index (χ2n) is 4.14. The van der Waals surface area contributed by atoms with Crippen molar-refractivity contribution in [1.82, 2.24) is 0 Å². The van der Waals surface area contributed by atoms with E-state index in [0.29, 0.717) is 0 Å². The fraction of sp³-hybridized carbons (Fsp3) is 1.00. The van der Waals surface area contributed by atoms with Gasteiger partial charge >= 0.3 is 7.60 Å². The molecule has 1 aliphatic rings. The van der Waals surface area contributed by atoms with Crippen molar-refractivity contribution in [1.29, 1.82) is 0 Å². The van der Waals surface area contributed by atoms with Crippen LogP contribution in [0.3, 0.4) is 0 Å². The molecule has 0 aromatic carbocycles. The van der Waals surface area contributed by atoms with Crippen LogP contribution in [-0.2, 0) is 18.3 Å². The van der Waals surface area contributed by atoms with Crippen molar-refractivity contribution in [2.24, 2.45) is 0 Å². The quantitative estimate of drug-likeness (QED) is 0.459. The molecule has 4 N–H and O–H groups in total. The van der Waals surface area contributed by atoms with Crippen LogP contribution < -0.4 is 0 Å². The number of ether oxygens (including phenoxy) is 1. The molecule has 0 aromatic rings. The largest absolute Gasteiger partial charge is 0.387 e. The Morgan fingerprint density at radius 2 is 1.68 bits per heavy atom. The molecule has 0 spiro atoms. The van der Waals surface area contributed by atoms with Crippen LogP contribution in [-0.4, -0.2) is 64.1 Å². The summed E-state index contributed by atoms with van der Waals surface area (Å²) in [6, 6.07) is 0. The zero-order valence-corrected chi connectivity index (χ0v) is 11.8. The predicted molar refractivity (Wildman–Crippen MR) is 64.4 cm³/mol. The number of aliphatic hydroxyl groups excluding tert-OH is 4. The second-order valence-corrected chi connectivity index (χ2v) is 6.33. The highest BCUT2D eigenvalue weighted by Gasteiger charge is 2.45. The van der Waals surface area contributed by atoms with E-state index in [-0.39, 0.29) is 19.6 Å². The van der Waals surface area contributed by atoms with Crippen LogP contribution in [0.4, 0.5) is 0 Å². The molecule has 0 amide bonds. The van der Waals surface area contributed by atoms with Gasteiger partial charge in [0.05, 0.1) is 19.3 Å². The molecule has 1 fully saturated rings. The molecular formula is C10H21O8P. The Morgan fingerprint density at radius 1 is 1.16 bits per heavy atom. The van der Waals surface area contributed by atoms with E-state index < -0.39 is 38.0 Å². The van der Waals surface area contributed by atoms with Crippen LogP contribution in [0.1, 0.15) is 20.3 Å². The van der Waals surface area contributed by atoms with Crippen LogP contribution in [0.2, 0.25) is 0 Å². The van der Waals surface area contributed by atoms with Gasteiger partial charge in [0.25, 0.3) is 0 Å². The van der Waals surface area contributed by atoms with Gasteiger partial charge in [-0.25, -0.2) is 0 Å². The number of rotatable bonds is 7. The molecule has 1 heterocycles. The topological polar surface area (TPSA) is 126 Å².